The zero-order valence-electron chi connectivity index (χ0n) is 16.2. The Balaban J connectivity index is 1.51. The number of hydrogen-bond acceptors (Lipinski definition) is 6. The second-order valence-corrected chi connectivity index (χ2v) is 8.97. The van der Waals surface area contributed by atoms with Crippen molar-refractivity contribution in [3.05, 3.63) is 69.8 Å². The molecule has 0 unspecified atom stereocenters. The van der Waals surface area contributed by atoms with Crippen LogP contribution in [0.25, 0.3) is 0 Å². The Kier molecular flexibility index (Phi) is 6.41. The number of sulfonamides is 1. The van der Waals surface area contributed by atoms with Crippen LogP contribution in [0, 0.1) is 17.0 Å². The normalized spacial score (nSPS) is 15.9. The Labute approximate surface area is 169 Å². The highest BCUT2D eigenvalue weighted by Gasteiger charge is 2.28. The number of rotatable bonds is 7. The molecule has 1 fully saturated rings. The molecular formula is C20H23N3O5S. The monoisotopic (exact) mass is 417 g/mol. The summed E-state index contributed by atoms with van der Waals surface area (Å²) >= 11 is 0. The molecule has 3 rings (SSSR count). The number of aryl methyl sites for hydroxylation is 1. The lowest BCUT2D eigenvalue weighted by Gasteiger charge is -2.33. The minimum atomic E-state index is -3.50. The maximum absolute atomic E-state index is 12.7. The first kappa shape index (κ1) is 21.1. The summed E-state index contributed by atoms with van der Waals surface area (Å²) in [6.45, 7) is 4.29. The lowest BCUT2D eigenvalue weighted by atomic mass is 10.1. The van der Waals surface area contributed by atoms with E-state index >= 15 is 0 Å². The fourth-order valence-corrected chi connectivity index (χ4v) is 4.65. The first-order valence-electron chi connectivity index (χ1n) is 9.34. The van der Waals surface area contributed by atoms with Crippen LogP contribution in [-0.2, 0) is 10.0 Å². The second kappa shape index (κ2) is 8.81. The number of benzene rings is 2. The summed E-state index contributed by atoms with van der Waals surface area (Å²) in [6, 6.07) is 12.4. The molecule has 0 radical (unpaired) electrons. The van der Waals surface area contributed by atoms with Gasteiger partial charge in [0.15, 0.2) is 5.78 Å². The van der Waals surface area contributed by atoms with Crippen LogP contribution < -0.4 is 0 Å². The number of piperazine rings is 1. The zero-order valence-corrected chi connectivity index (χ0v) is 17.0. The van der Waals surface area contributed by atoms with Crippen molar-refractivity contribution in [2.24, 2.45) is 0 Å². The van der Waals surface area contributed by atoms with Gasteiger partial charge in [-0.05, 0) is 31.2 Å². The highest BCUT2D eigenvalue weighted by molar-refractivity contribution is 7.89. The number of nitrogens with zero attached hydrogens (tertiary/aromatic N) is 3. The smallest absolute Gasteiger partial charge is 0.269 e. The third kappa shape index (κ3) is 5.06. The Morgan fingerprint density at radius 1 is 1.00 bits per heavy atom. The van der Waals surface area contributed by atoms with E-state index in [4.69, 9.17) is 0 Å². The number of carbonyl (C=O) groups excluding carboxylic acids is 1. The molecule has 29 heavy (non-hydrogen) atoms. The van der Waals surface area contributed by atoms with Crippen molar-refractivity contribution in [1.29, 1.82) is 0 Å². The van der Waals surface area contributed by atoms with E-state index in [2.05, 4.69) is 4.90 Å². The van der Waals surface area contributed by atoms with Gasteiger partial charge in [0.25, 0.3) is 5.69 Å². The molecule has 8 nitrogen and oxygen atoms in total. The van der Waals surface area contributed by atoms with E-state index in [1.165, 1.54) is 28.6 Å². The molecular weight excluding hydrogens is 394 g/mol. The Morgan fingerprint density at radius 3 is 2.14 bits per heavy atom. The van der Waals surface area contributed by atoms with Gasteiger partial charge >= 0.3 is 0 Å². The number of ketones is 1. The van der Waals surface area contributed by atoms with Crippen LogP contribution in [0.1, 0.15) is 22.3 Å². The molecule has 1 aliphatic heterocycles. The van der Waals surface area contributed by atoms with Crippen LogP contribution in [0.15, 0.2) is 53.4 Å². The van der Waals surface area contributed by atoms with E-state index in [0.29, 0.717) is 43.2 Å². The van der Waals surface area contributed by atoms with Gasteiger partial charge in [0.2, 0.25) is 10.0 Å². The summed E-state index contributed by atoms with van der Waals surface area (Å²) in [7, 11) is -3.50. The van der Waals surface area contributed by atoms with Gasteiger partial charge in [0.05, 0.1) is 9.82 Å². The van der Waals surface area contributed by atoms with Crippen molar-refractivity contribution in [2.75, 3.05) is 32.7 Å². The van der Waals surface area contributed by atoms with E-state index in [0.717, 1.165) is 5.56 Å². The average Bonchev–Trinajstić information content (AvgIpc) is 2.72. The molecule has 1 saturated heterocycles. The van der Waals surface area contributed by atoms with Gasteiger partial charge < -0.3 is 4.90 Å². The number of hydrogen-bond donors (Lipinski definition) is 0. The lowest BCUT2D eigenvalue weighted by Crippen LogP contribution is -2.48. The average molecular weight is 417 g/mol. The number of non-ortho nitro benzene ring substituents is 1. The Hall–Kier alpha value is -2.62. The van der Waals surface area contributed by atoms with Crippen LogP contribution in [0.4, 0.5) is 5.69 Å². The van der Waals surface area contributed by atoms with Gasteiger partial charge in [0.1, 0.15) is 0 Å². The third-order valence-electron chi connectivity index (χ3n) is 5.05. The first-order valence-corrected chi connectivity index (χ1v) is 10.8. The molecule has 1 aliphatic rings. The summed E-state index contributed by atoms with van der Waals surface area (Å²) in [5.74, 6) is -0.0883. The van der Waals surface area contributed by atoms with Crippen LogP contribution in [0.5, 0.6) is 0 Å². The predicted molar refractivity (Wildman–Crippen MR) is 108 cm³/mol. The van der Waals surface area contributed by atoms with Gasteiger partial charge in [-0.1, -0.05) is 17.7 Å². The van der Waals surface area contributed by atoms with Crippen LogP contribution in [-0.4, -0.2) is 61.1 Å². The molecule has 0 bridgehead atoms. The minimum Gasteiger partial charge on any atom is -0.300 e. The molecule has 2 aromatic rings. The molecule has 0 spiro atoms. The number of Topliss-reactive ketones (excluding diaryl/α,β-unsaturated/α-hetero) is 1. The van der Waals surface area contributed by atoms with E-state index in [-0.39, 0.29) is 17.9 Å². The zero-order chi connectivity index (χ0) is 21.0. The summed E-state index contributed by atoms with van der Waals surface area (Å²) < 4.78 is 27.0. The molecule has 0 saturated carbocycles. The predicted octanol–water partition coefficient (Wildman–Crippen LogP) is 2.48. The van der Waals surface area contributed by atoms with Gasteiger partial charge in [-0.15, -0.1) is 0 Å². The molecule has 0 aliphatic carbocycles. The molecule has 0 aromatic heterocycles. The first-order chi connectivity index (χ1) is 13.8. The molecule has 0 atom stereocenters. The van der Waals surface area contributed by atoms with Gasteiger partial charge in [0, 0.05) is 56.8 Å². The van der Waals surface area contributed by atoms with Gasteiger partial charge in [-0.25, -0.2) is 8.42 Å². The van der Waals surface area contributed by atoms with Crippen molar-refractivity contribution >= 4 is 21.5 Å². The van der Waals surface area contributed by atoms with E-state index < -0.39 is 14.9 Å². The SMILES string of the molecule is Cc1ccc(S(=O)(=O)N2CCN(CCC(=O)c3ccc([N+](=O)[O-])cc3)CC2)cc1. The molecule has 0 N–H and O–H groups in total. The van der Waals surface area contributed by atoms with Crippen molar-refractivity contribution < 1.29 is 18.1 Å². The van der Waals surface area contributed by atoms with Crippen molar-refractivity contribution in [2.45, 2.75) is 18.2 Å². The quantitative estimate of drug-likeness (QED) is 0.390. The van der Waals surface area contributed by atoms with Gasteiger partial charge in [-0.3, -0.25) is 14.9 Å². The highest BCUT2D eigenvalue weighted by atomic mass is 32.2. The summed E-state index contributed by atoms with van der Waals surface area (Å²) in [5.41, 5.74) is 1.40. The maximum atomic E-state index is 12.7. The van der Waals surface area contributed by atoms with E-state index in [1.807, 2.05) is 6.92 Å². The summed E-state index contributed by atoms with van der Waals surface area (Å²) in [5, 5.41) is 10.7. The number of nitro benzene ring substituents is 1. The van der Waals surface area contributed by atoms with Crippen molar-refractivity contribution in [3.63, 3.8) is 0 Å². The number of carbonyl (C=O) groups is 1. The van der Waals surface area contributed by atoms with Crippen molar-refractivity contribution in [3.8, 4) is 0 Å². The summed E-state index contributed by atoms with van der Waals surface area (Å²) in [6.07, 6.45) is 0.280. The fourth-order valence-electron chi connectivity index (χ4n) is 3.23. The fraction of sp³-hybridized carbons (Fsp3) is 0.350. The van der Waals surface area contributed by atoms with Crippen molar-refractivity contribution in [1.82, 2.24) is 9.21 Å². The Bertz CT molecular complexity index is 980. The van der Waals surface area contributed by atoms with Crippen LogP contribution >= 0.6 is 0 Å². The highest BCUT2D eigenvalue weighted by Crippen LogP contribution is 2.19. The molecule has 9 heteroatoms. The standard InChI is InChI=1S/C20H23N3O5S/c1-16-2-8-19(9-3-16)29(27,28)22-14-12-21(13-15-22)11-10-20(24)17-4-6-18(7-5-17)23(25)26/h2-9H,10-15H2,1H3. The maximum Gasteiger partial charge on any atom is 0.269 e. The summed E-state index contributed by atoms with van der Waals surface area (Å²) in [4.78, 5) is 24.8. The topological polar surface area (TPSA) is 101 Å². The second-order valence-electron chi connectivity index (χ2n) is 7.04. The third-order valence-corrected chi connectivity index (χ3v) is 6.96. The van der Waals surface area contributed by atoms with Crippen LogP contribution in [0.2, 0.25) is 0 Å². The van der Waals surface area contributed by atoms with Crippen LogP contribution in [0.3, 0.4) is 0 Å². The largest absolute Gasteiger partial charge is 0.300 e. The molecule has 2 aromatic carbocycles. The Morgan fingerprint density at radius 2 is 1.59 bits per heavy atom. The van der Waals surface area contributed by atoms with E-state index in [1.54, 1.807) is 24.3 Å². The number of nitro groups is 1. The lowest BCUT2D eigenvalue weighted by molar-refractivity contribution is -0.384. The van der Waals surface area contributed by atoms with E-state index in [9.17, 15) is 23.3 Å². The molecule has 154 valence electrons. The molecule has 1 heterocycles. The minimum absolute atomic E-state index is 0.0487. The molecule has 0 amide bonds. The van der Waals surface area contributed by atoms with Gasteiger partial charge in [-0.2, -0.15) is 4.31 Å².